The monoisotopic (exact) mass is 318 g/mol. The molecule has 0 aliphatic heterocycles. The molecular formula is C11H8ClFN2O4S. The summed E-state index contributed by atoms with van der Waals surface area (Å²) in [5, 5.41) is 0.0565. The van der Waals surface area contributed by atoms with Crippen molar-refractivity contribution in [2.45, 2.75) is 4.90 Å². The lowest BCUT2D eigenvalue weighted by molar-refractivity contribution is 0.0917. The van der Waals surface area contributed by atoms with Gasteiger partial charge in [-0.05, 0) is 30.3 Å². The Morgan fingerprint density at radius 2 is 2.05 bits per heavy atom. The van der Waals surface area contributed by atoms with Gasteiger partial charge in [-0.2, -0.15) is 0 Å². The third-order valence-corrected chi connectivity index (χ3v) is 3.74. The van der Waals surface area contributed by atoms with E-state index in [1.165, 1.54) is 24.5 Å². The maximum absolute atomic E-state index is 13.5. The number of carbonyl (C=O) groups is 1. The summed E-state index contributed by atoms with van der Waals surface area (Å²) in [6.07, 6.45) is 1.25. The van der Waals surface area contributed by atoms with E-state index >= 15 is 0 Å². The highest BCUT2D eigenvalue weighted by Crippen LogP contribution is 2.18. The zero-order valence-corrected chi connectivity index (χ0v) is 11.3. The van der Waals surface area contributed by atoms with Crippen molar-refractivity contribution in [2.75, 3.05) is 0 Å². The standard InChI is InChI=1S/C11H8ClFN2O4S/c12-7-3-4-10(8(13)6-7)20(17,18)15-14-11(16)9-2-1-5-19-9/h1-6,15H,(H,14,16). The van der Waals surface area contributed by atoms with Crippen molar-refractivity contribution >= 4 is 27.5 Å². The average molecular weight is 319 g/mol. The SMILES string of the molecule is O=C(NNS(=O)(=O)c1ccc(Cl)cc1F)c1ccco1. The molecule has 1 amide bonds. The van der Waals surface area contributed by atoms with Crippen LogP contribution in [0.25, 0.3) is 0 Å². The van der Waals surface area contributed by atoms with Gasteiger partial charge in [0.15, 0.2) is 5.76 Å². The average Bonchev–Trinajstić information content (AvgIpc) is 2.89. The summed E-state index contributed by atoms with van der Waals surface area (Å²) < 4.78 is 41.9. The van der Waals surface area contributed by atoms with E-state index in [4.69, 9.17) is 16.0 Å². The van der Waals surface area contributed by atoms with Crippen LogP contribution in [-0.4, -0.2) is 14.3 Å². The van der Waals surface area contributed by atoms with Crippen molar-refractivity contribution < 1.29 is 22.0 Å². The Kier molecular flexibility index (Phi) is 4.07. The molecule has 9 heteroatoms. The number of sulfonamides is 1. The number of rotatable bonds is 4. The minimum absolute atomic E-state index is 0.0565. The van der Waals surface area contributed by atoms with E-state index in [2.05, 4.69) is 0 Å². The molecule has 2 aromatic rings. The van der Waals surface area contributed by atoms with Gasteiger partial charge in [0.05, 0.1) is 6.26 Å². The van der Waals surface area contributed by atoms with E-state index in [9.17, 15) is 17.6 Å². The minimum atomic E-state index is -4.25. The van der Waals surface area contributed by atoms with Gasteiger partial charge in [0.1, 0.15) is 10.7 Å². The largest absolute Gasteiger partial charge is 0.459 e. The molecule has 0 unspecified atom stereocenters. The highest BCUT2D eigenvalue weighted by Gasteiger charge is 2.20. The first-order valence-electron chi connectivity index (χ1n) is 5.21. The van der Waals surface area contributed by atoms with Crippen LogP contribution in [0.5, 0.6) is 0 Å². The Morgan fingerprint density at radius 3 is 2.65 bits per heavy atom. The van der Waals surface area contributed by atoms with E-state index in [1.807, 2.05) is 5.43 Å². The third-order valence-electron chi connectivity index (χ3n) is 2.23. The molecule has 2 rings (SSSR count). The van der Waals surface area contributed by atoms with Gasteiger partial charge < -0.3 is 4.42 Å². The second-order valence-electron chi connectivity index (χ2n) is 3.61. The van der Waals surface area contributed by atoms with Crippen LogP contribution < -0.4 is 10.3 Å². The molecule has 0 fully saturated rings. The van der Waals surface area contributed by atoms with Crippen LogP contribution in [0.15, 0.2) is 45.9 Å². The van der Waals surface area contributed by atoms with Crippen LogP contribution in [-0.2, 0) is 10.0 Å². The lowest BCUT2D eigenvalue weighted by Crippen LogP contribution is -2.41. The number of hydrogen-bond acceptors (Lipinski definition) is 4. The number of halogens is 2. The van der Waals surface area contributed by atoms with Gasteiger partial charge in [0, 0.05) is 5.02 Å². The molecule has 0 bridgehead atoms. The minimum Gasteiger partial charge on any atom is -0.459 e. The lowest BCUT2D eigenvalue weighted by Gasteiger charge is -2.08. The molecule has 0 aliphatic rings. The van der Waals surface area contributed by atoms with Crippen LogP contribution >= 0.6 is 11.6 Å². The van der Waals surface area contributed by atoms with Crippen molar-refractivity contribution in [2.24, 2.45) is 0 Å². The molecule has 0 saturated heterocycles. The summed E-state index contributed by atoms with van der Waals surface area (Å²) >= 11 is 5.52. The van der Waals surface area contributed by atoms with E-state index in [0.717, 1.165) is 12.1 Å². The van der Waals surface area contributed by atoms with Gasteiger partial charge in [-0.15, -0.1) is 4.83 Å². The molecule has 1 heterocycles. The van der Waals surface area contributed by atoms with E-state index in [1.54, 1.807) is 4.83 Å². The zero-order chi connectivity index (χ0) is 14.8. The van der Waals surface area contributed by atoms with Gasteiger partial charge in [-0.3, -0.25) is 10.2 Å². The Morgan fingerprint density at radius 1 is 1.30 bits per heavy atom. The topological polar surface area (TPSA) is 88.4 Å². The predicted molar refractivity (Wildman–Crippen MR) is 67.9 cm³/mol. The van der Waals surface area contributed by atoms with E-state index in [0.29, 0.717) is 0 Å². The Labute approximate surface area is 118 Å². The molecular weight excluding hydrogens is 311 g/mol. The number of hydrazine groups is 1. The van der Waals surface area contributed by atoms with Gasteiger partial charge >= 0.3 is 5.91 Å². The summed E-state index contributed by atoms with van der Waals surface area (Å²) in [6, 6.07) is 5.85. The predicted octanol–water partition coefficient (Wildman–Crippen LogP) is 1.70. The van der Waals surface area contributed by atoms with Gasteiger partial charge in [-0.1, -0.05) is 11.6 Å². The van der Waals surface area contributed by atoms with Crippen molar-refractivity contribution in [3.05, 3.63) is 53.2 Å². The number of amides is 1. The van der Waals surface area contributed by atoms with Gasteiger partial charge in [-0.25, -0.2) is 12.8 Å². The highest BCUT2D eigenvalue weighted by atomic mass is 35.5. The number of furan rings is 1. The fourth-order valence-electron chi connectivity index (χ4n) is 1.33. The number of carbonyl (C=O) groups excluding carboxylic acids is 1. The van der Waals surface area contributed by atoms with Crippen molar-refractivity contribution in [1.29, 1.82) is 0 Å². The Hall–Kier alpha value is -1.90. The van der Waals surface area contributed by atoms with Crippen molar-refractivity contribution in [1.82, 2.24) is 10.3 Å². The summed E-state index contributed by atoms with van der Waals surface area (Å²) in [4.78, 5) is 12.6. The molecule has 1 aromatic carbocycles. The number of hydrogen-bond donors (Lipinski definition) is 2. The Bertz CT molecular complexity index is 731. The molecule has 0 atom stereocenters. The van der Waals surface area contributed by atoms with Crippen molar-refractivity contribution in [3.63, 3.8) is 0 Å². The van der Waals surface area contributed by atoms with Gasteiger partial charge in [0.2, 0.25) is 0 Å². The highest BCUT2D eigenvalue weighted by molar-refractivity contribution is 7.89. The van der Waals surface area contributed by atoms with E-state index in [-0.39, 0.29) is 10.8 Å². The lowest BCUT2D eigenvalue weighted by atomic mass is 10.3. The van der Waals surface area contributed by atoms with Gasteiger partial charge in [0.25, 0.3) is 10.0 Å². The molecule has 0 radical (unpaired) electrons. The molecule has 0 aliphatic carbocycles. The summed E-state index contributed by atoms with van der Waals surface area (Å²) in [7, 11) is -4.25. The molecule has 106 valence electrons. The van der Waals surface area contributed by atoms with E-state index < -0.39 is 26.6 Å². The number of nitrogens with one attached hydrogen (secondary N) is 2. The first-order chi connectivity index (χ1) is 9.40. The maximum atomic E-state index is 13.5. The van der Waals surface area contributed by atoms with Crippen LogP contribution in [0.4, 0.5) is 4.39 Å². The summed E-state index contributed by atoms with van der Waals surface area (Å²) in [5.41, 5.74) is 1.90. The fraction of sp³-hybridized carbons (Fsp3) is 0. The Balaban J connectivity index is 2.14. The van der Waals surface area contributed by atoms with Crippen molar-refractivity contribution in [3.8, 4) is 0 Å². The molecule has 2 N–H and O–H groups in total. The second kappa shape index (κ2) is 5.61. The molecule has 0 spiro atoms. The van der Waals surface area contributed by atoms with Crippen LogP contribution in [0, 0.1) is 5.82 Å². The fourth-order valence-corrected chi connectivity index (χ4v) is 2.39. The zero-order valence-electron chi connectivity index (χ0n) is 9.76. The smallest absolute Gasteiger partial charge is 0.301 e. The maximum Gasteiger partial charge on any atom is 0.301 e. The molecule has 6 nitrogen and oxygen atoms in total. The summed E-state index contributed by atoms with van der Waals surface area (Å²) in [5.74, 6) is -1.94. The number of benzene rings is 1. The second-order valence-corrected chi connectivity index (χ2v) is 5.70. The van der Waals surface area contributed by atoms with Crippen LogP contribution in [0.1, 0.15) is 10.6 Å². The third kappa shape index (κ3) is 3.16. The summed E-state index contributed by atoms with van der Waals surface area (Å²) in [6.45, 7) is 0. The normalized spacial score (nSPS) is 11.3. The first-order valence-corrected chi connectivity index (χ1v) is 7.07. The molecule has 0 saturated carbocycles. The van der Waals surface area contributed by atoms with Crippen LogP contribution in [0.2, 0.25) is 5.02 Å². The van der Waals surface area contributed by atoms with Crippen LogP contribution in [0.3, 0.4) is 0 Å². The molecule has 20 heavy (non-hydrogen) atoms. The quantitative estimate of drug-likeness (QED) is 0.840. The first kappa shape index (κ1) is 14.5. The molecule has 1 aromatic heterocycles.